The molecule has 3 N–H and O–H groups in total. The van der Waals surface area contributed by atoms with Gasteiger partial charge < -0.3 is 24.7 Å². The lowest BCUT2D eigenvalue weighted by Crippen LogP contribution is -2.38. The van der Waals surface area contributed by atoms with Gasteiger partial charge in [-0.1, -0.05) is 0 Å². The molecule has 36 heavy (non-hydrogen) atoms. The van der Waals surface area contributed by atoms with Crippen LogP contribution in [0.2, 0.25) is 0 Å². The molecule has 0 radical (unpaired) electrons. The molecular weight excluding hydrogens is 466 g/mol. The van der Waals surface area contributed by atoms with E-state index in [4.69, 9.17) is 9.15 Å². The Kier molecular flexibility index (Phi) is 6.60. The molecule has 0 atom stereocenters. The molecule has 4 aromatic rings. The van der Waals surface area contributed by atoms with E-state index in [0.717, 1.165) is 30.4 Å². The number of rotatable bonds is 8. The van der Waals surface area contributed by atoms with E-state index in [1.165, 1.54) is 6.07 Å². The number of hydrogen-bond acceptors (Lipinski definition) is 8. The zero-order chi connectivity index (χ0) is 25.2. The summed E-state index contributed by atoms with van der Waals surface area (Å²) in [5.74, 6) is -0.501. The fourth-order valence-corrected chi connectivity index (χ4v) is 4.25. The molecule has 5 rings (SSSR count). The van der Waals surface area contributed by atoms with Gasteiger partial charge in [-0.25, -0.2) is 18.7 Å². The maximum absolute atomic E-state index is 14.9. The van der Waals surface area contributed by atoms with Gasteiger partial charge in [-0.15, -0.1) is 0 Å². The SMILES string of the molecule is CNCCNc1ccc2cc(Nc3ncc(F)c(-c4cc(F)c5c(c4)N(C(C)C)CCO5)n3)oc2c1. The number of fused-ring (bicyclic) bond motifs is 2. The second-order valence-electron chi connectivity index (χ2n) is 8.85. The molecule has 0 amide bonds. The van der Waals surface area contributed by atoms with Crippen molar-refractivity contribution in [3.05, 3.63) is 54.2 Å². The van der Waals surface area contributed by atoms with E-state index in [-0.39, 0.29) is 23.4 Å². The summed E-state index contributed by atoms with van der Waals surface area (Å²) in [6, 6.07) is 10.7. The second kappa shape index (κ2) is 9.98. The maximum Gasteiger partial charge on any atom is 0.230 e. The van der Waals surface area contributed by atoms with Gasteiger partial charge in [0, 0.05) is 47.9 Å². The van der Waals surface area contributed by atoms with Crippen molar-refractivity contribution in [2.75, 3.05) is 48.8 Å². The molecule has 0 saturated carbocycles. The third kappa shape index (κ3) is 4.76. The highest BCUT2D eigenvalue weighted by atomic mass is 19.1. The highest BCUT2D eigenvalue weighted by Gasteiger charge is 2.25. The predicted molar refractivity (Wildman–Crippen MR) is 137 cm³/mol. The van der Waals surface area contributed by atoms with Gasteiger partial charge in [0.1, 0.15) is 17.9 Å². The van der Waals surface area contributed by atoms with Gasteiger partial charge in [-0.2, -0.15) is 0 Å². The Morgan fingerprint density at radius 1 is 1.08 bits per heavy atom. The van der Waals surface area contributed by atoms with Crippen molar-refractivity contribution in [3.63, 3.8) is 0 Å². The third-order valence-electron chi connectivity index (χ3n) is 6.01. The third-order valence-corrected chi connectivity index (χ3v) is 6.01. The average molecular weight is 495 g/mol. The molecule has 3 heterocycles. The Hall–Kier alpha value is -3.92. The van der Waals surface area contributed by atoms with E-state index in [2.05, 4.69) is 25.9 Å². The summed E-state index contributed by atoms with van der Waals surface area (Å²) < 4.78 is 41.2. The molecule has 0 saturated heterocycles. The molecule has 0 fully saturated rings. The molecule has 1 aliphatic rings. The van der Waals surface area contributed by atoms with E-state index in [0.29, 0.717) is 35.9 Å². The monoisotopic (exact) mass is 494 g/mol. The summed E-state index contributed by atoms with van der Waals surface area (Å²) in [4.78, 5) is 10.4. The molecule has 10 heteroatoms. The number of nitrogens with zero attached hydrogens (tertiary/aromatic N) is 3. The molecular formula is C26H28F2N6O2. The first-order valence-electron chi connectivity index (χ1n) is 11.9. The average Bonchev–Trinajstić information content (AvgIpc) is 3.26. The van der Waals surface area contributed by atoms with Crippen LogP contribution in [0.5, 0.6) is 5.75 Å². The molecule has 188 valence electrons. The molecule has 0 aliphatic carbocycles. The molecule has 0 spiro atoms. The lowest BCUT2D eigenvalue weighted by atomic mass is 10.1. The van der Waals surface area contributed by atoms with Crippen molar-refractivity contribution in [2.45, 2.75) is 19.9 Å². The largest absolute Gasteiger partial charge is 0.486 e. The van der Waals surface area contributed by atoms with Gasteiger partial charge >= 0.3 is 0 Å². The van der Waals surface area contributed by atoms with Crippen LogP contribution < -0.4 is 25.6 Å². The first kappa shape index (κ1) is 23.8. The summed E-state index contributed by atoms with van der Waals surface area (Å²) in [6.45, 7) is 6.66. The molecule has 8 nitrogen and oxygen atoms in total. The quantitative estimate of drug-likeness (QED) is 0.290. The number of furan rings is 1. The number of ether oxygens (including phenoxy) is 1. The van der Waals surface area contributed by atoms with E-state index >= 15 is 0 Å². The van der Waals surface area contributed by atoms with Crippen molar-refractivity contribution in [1.29, 1.82) is 0 Å². The highest BCUT2D eigenvalue weighted by molar-refractivity contribution is 5.84. The first-order valence-corrected chi connectivity index (χ1v) is 11.9. The Bertz CT molecular complexity index is 1390. The summed E-state index contributed by atoms with van der Waals surface area (Å²) in [5.41, 5.74) is 2.48. The van der Waals surface area contributed by atoms with Gasteiger partial charge in [-0.05, 0) is 45.2 Å². The number of anilines is 4. The van der Waals surface area contributed by atoms with Crippen molar-refractivity contribution in [1.82, 2.24) is 15.3 Å². The van der Waals surface area contributed by atoms with Crippen LogP contribution in [0, 0.1) is 11.6 Å². The standard InChI is InChI=1S/C26H28F2N6O2/c1-15(2)34-8-9-35-25-19(27)10-17(11-21(25)34)24-20(28)14-31-26(33-24)32-23-12-16-4-5-18(13-22(16)36-23)30-7-6-29-3/h4-5,10-15,29-30H,6-9H2,1-3H3,(H,31,32,33). The van der Waals surface area contributed by atoms with Crippen molar-refractivity contribution in [3.8, 4) is 17.0 Å². The molecule has 2 aromatic heterocycles. The van der Waals surface area contributed by atoms with E-state index < -0.39 is 11.6 Å². The number of nitrogens with one attached hydrogen (secondary N) is 3. The summed E-state index contributed by atoms with van der Waals surface area (Å²) >= 11 is 0. The zero-order valence-corrected chi connectivity index (χ0v) is 20.4. The first-order chi connectivity index (χ1) is 17.4. The van der Waals surface area contributed by atoms with Crippen molar-refractivity contribution >= 4 is 34.2 Å². The minimum absolute atomic E-state index is 0.0180. The Balaban J connectivity index is 1.43. The van der Waals surface area contributed by atoms with Crippen LogP contribution in [0.4, 0.5) is 32.0 Å². The van der Waals surface area contributed by atoms with Gasteiger partial charge in [0.15, 0.2) is 17.4 Å². The normalized spacial score (nSPS) is 13.1. The van der Waals surface area contributed by atoms with Gasteiger partial charge in [0.2, 0.25) is 11.8 Å². The van der Waals surface area contributed by atoms with Crippen LogP contribution in [0.1, 0.15) is 13.8 Å². The van der Waals surface area contributed by atoms with Crippen LogP contribution in [0.25, 0.3) is 22.2 Å². The Morgan fingerprint density at radius 2 is 1.94 bits per heavy atom. The minimum atomic E-state index is -0.658. The molecule has 0 unspecified atom stereocenters. The van der Waals surface area contributed by atoms with Crippen LogP contribution in [0.3, 0.4) is 0 Å². The van der Waals surface area contributed by atoms with Gasteiger partial charge in [0.25, 0.3) is 0 Å². The fraction of sp³-hybridized carbons (Fsp3) is 0.308. The van der Waals surface area contributed by atoms with Gasteiger partial charge in [-0.3, -0.25) is 5.32 Å². The van der Waals surface area contributed by atoms with E-state index in [1.54, 1.807) is 6.07 Å². The van der Waals surface area contributed by atoms with E-state index in [9.17, 15) is 8.78 Å². The minimum Gasteiger partial charge on any atom is -0.486 e. The van der Waals surface area contributed by atoms with E-state index in [1.807, 2.05) is 50.1 Å². The Labute approximate surface area is 207 Å². The topological polar surface area (TPSA) is 87.5 Å². The number of aromatic nitrogens is 2. The second-order valence-corrected chi connectivity index (χ2v) is 8.85. The lowest BCUT2D eigenvalue weighted by Gasteiger charge is -2.34. The van der Waals surface area contributed by atoms with Gasteiger partial charge in [0.05, 0.1) is 18.4 Å². The number of hydrogen-bond donors (Lipinski definition) is 3. The highest BCUT2D eigenvalue weighted by Crippen LogP contribution is 2.39. The number of halogens is 2. The number of benzene rings is 2. The van der Waals surface area contributed by atoms with Crippen LogP contribution in [-0.4, -0.2) is 49.3 Å². The predicted octanol–water partition coefficient (Wildman–Crippen LogP) is 5.15. The summed E-state index contributed by atoms with van der Waals surface area (Å²) in [5, 5.41) is 10.3. The van der Waals surface area contributed by atoms with Crippen molar-refractivity contribution < 1.29 is 17.9 Å². The van der Waals surface area contributed by atoms with Crippen LogP contribution in [0.15, 0.2) is 47.0 Å². The summed E-state index contributed by atoms with van der Waals surface area (Å²) in [7, 11) is 1.90. The molecule has 0 bridgehead atoms. The van der Waals surface area contributed by atoms with Crippen LogP contribution >= 0.6 is 0 Å². The van der Waals surface area contributed by atoms with Crippen molar-refractivity contribution in [2.24, 2.45) is 0 Å². The maximum atomic E-state index is 14.9. The summed E-state index contributed by atoms with van der Waals surface area (Å²) in [6.07, 6.45) is 1.06. The molecule has 2 aromatic carbocycles. The number of likely N-dealkylation sites (N-methyl/N-ethyl adjacent to an activating group) is 1. The molecule has 1 aliphatic heterocycles. The Morgan fingerprint density at radius 3 is 2.75 bits per heavy atom. The fourth-order valence-electron chi connectivity index (χ4n) is 4.25. The smallest absolute Gasteiger partial charge is 0.230 e. The van der Waals surface area contributed by atoms with Crippen LogP contribution in [-0.2, 0) is 0 Å². The zero-order valence-electron chi connectivity index (χ0n) is 20.4. The lowest BCUT2D eigenvalue weighted by molar-refractivity contribution is 0.287.